The van der Waals surface area contributed by atoms with Crippen molar-refractivity contribution in [3.8, 4) is 0 Å². The zero-order valence-corrected chi connectivity index (χ0v) is 15.7. The molecule has 0 saturated carbocycles. The minimum Gasteiger partial charge on any atom is -0.345 e. The Bertz CT molecular complexity index is 914. The van der Waals surface area contributed by atoms with Crippen molar-refractivity contribution in [1.82, 2.24) is 24.6 Å². The lowest BCUT2D eigenvalue weighted by molar-refractivity contribution is -0.129. The van der Waals surface area contributed by atoms with E-state index in [2.05, 4.69) is 15.1 Å². The Balaban J connectivity index is 1.55. The van der Waals surface area contributed by atoms with Crippen LogP contribution in [0.15, 0.2) is 24.3 Å². The number of fused-ring (bicyclic) bond motifs is 1. The Morgan fingerprint density at radius 2 is 2.04 bits per heavy atom. The van der Waals surface area contributed by atoms with Crippen LogP contribution in [-0.2, 0) is 17.6 Å². The number of aromatic amines is 1. The van der Waals surface area contributed by atoms with Crippen molar-refractivity contribution in [2.75, 3.05) is 13.6 Å². The first kappa shape index (κ1) is 19.0. The predicted molar refractivity (Wildman–Crippen MR) is 98.7 cm³/mol. The van der Waals surface area contributed by atoms with Crippen LogP contribution < -0.4 is 0 Å². The number of hydrogen-bond acceptors (Lipinski definition) is 3. The molecule has 0 aliphatic rings. The number of alkyl halides is 2. The molecule has 0 atom stereocenters. The number of para-hydroxylation sites is 2. The van der Waals surface area contributed by atoms with E-state index < -0.39 is 6.55 Å². The number of hydrogen-bond donors (Lipinski definition) is 1. The van der Waals surface area contributed by atoms with Crippen LogP contribution >= 0.6 is 0 Å². The van der Waals surface area contributed by atoms with Gasteiger partial charge in [0.1, 0.15) is 5.82 Å². The summed E-state index contributed by atoms with van der Waals surface area (Å²) in [6.45, 7) is 1.08. The van der Waals surface area contributed by atoms with Gasteiger partial charge in [-0.25, -0.2) is 9.67 Å². The number of nitrogens with one attached hydrogen (secondary N) is 1. The summed E-state index contributed by atoms with van der Waals surface area (Å²) in [5.74, 6) is 0.779. The second kappa shape index (κ2) is 7.85. The van der Waals surface area contributed by atoms with Crippen LogP contribution in [0, 0.1) is 13.8 Å². The highest BCUT2D eigenvalue weighted by atomic mass is 19.3. The molecule has 0 spiro atoms. The molecule has 144 valence electrons. The van der Waals surface area contributed by atoms with Gasteiger partial charge in [0.15, 0.2) is 0 Å². The van der Waals surface area contributed by atoms with Gasteiger partial charge in [0.2, 0.25) is 5.91 Å². The number of halogens is 2. The Morgan fingerprint density at radius 3 is 2.70 bits per heavy atom. The predicted octanol–water partition coefficient (Wildman–Crippen LogP) is 3.41. The molecule has 0 radical (unpaired) electrons. The number of aryl methyl sites for hydroxylation is 2. The number of amides is 1. The average Bonchev–Trinajstić information content (AvgIpc) is 3.16. The maximum atomic E-state index is 12.9. The maximum absolute atomic E-state index is 12.9. The number of imidazole rings is 1. The molecule has 1 aromatic carbocycles. The molecular weight excluding hydrogens is 352 g/mol. The second-order valence-electron chi connectivity index (χ2n) is 6.67. The molecule has 0 saturated heterocycles. The third-order valence-corrected chi connectivity index (χ3v) is 4.76. The molecule has 0 bridgehead atoms. The number of aromatic nitrogens is 4. The quantitative estimate of drug-likeness (QED) is 0.688. The molecule has 3 aromatic rings. The minimum absolute atomic E-state index is 0.0749. The molecule has 3 rings (SSSR count). The first-order valence-electron chi connectivity index (χ1n) is 8.87. The third-order valence-electron chi connectivity index (χ3n) is 4.76. The molecule has 2 heterocycles. The van der Waals surface area contributed by atoms with Gasteiger partial charge in [-0.3, -0.25) is 4.79 Å². The number of nitrogens with zero attached hydrogens (tertiary/aromatic N) is 4. The second-order valence-corrected chi connectivity index (χ2v) is 6.67. The number of likely N-dealkylation sites (N-methyl/N-ethyl adjacent to an activating group) is 1. The summed E-state index contributed by atoms with van der Waals surface area (Å²) in [6.07, 6.45) is 1.56. The highest BCUT2D eigenvalue weighted by molar-refractivity contribution is 5.79. The van der Waals surface area contributed by atoms with Crippen LogP contribution in [0.25, 0.3) is 11.0 Å². The lowest BCUT2D eigenvalue weighted by atomic mass is 10.1. The molecule has 27 heavy (non-hydrogen) atoms. The summed E-state index contributed by atoms with van der Waals surface area (Å²) in [5.41, 5.74) is 3.31. The van der Waals surface area contributed by atoms with Gasteiger partial charge in [-0.15, -0.1) is 0 Å². The van der Waals surface area contributed by atoms with E-state index >= 15 is 0 Å². The van der Waals surface area contributed by atoms with Gasteiger partial charge in [-0.2, -0.15) is 13.9 Å². The Hall–Kier alpha value is -2.77. The van der Waals surface area contributed by atoms with Crippen molar-refractivity contribution < 1.29 is 13.6 Å². The minimum atomic E-state index is -2.70. The average molecular weight is 375 g/mol. The number of rotatable bonds is 7. The van der Waals surface area contributed by atoms with E-state index in [1.807, 2.05) is 24.3 Å². The van der Waals surface area contributed by atoms with Crippen LogP contribution in [0.5, 0.6) is 0 Å². The summed E-state index contributed by atoms with van der Waals surface area (Å²) < 4.78 is 26.5. The highest BCUT2D eigenvalue weighted by Crippen LogP contribution is 2.20. The number of H-pyrrole nitrogens is 1. The molecule has 1 amide bonds. The van der Waals surface area contributed by atoms with E-state index in [9.17, 15) is 13.6 Å². The monoisotopic (exact) mass is 375 g/mol. The van der Waals surface area contributed by atoms with Gasteiger partial charge in [-0.05, 0) is 32.4 Å². The molecule has 0 unspecified atom stereocenters. The lowest BCUT2D eigenvalue weighted by Crippen LogP contribution is -2.29. The van der Waals surface area contributed by atoms with Gasteiger partial charge in [0.25, 0.3) is 0 Å². The Morgan fingerprint density at radius 1 is 1.30 bits per heavy atom. The topological polar surface area (TPSA) is 66.8 Å². The maximum Gasteiger partial charge on any atom is 0.333 e. The molecule has 0 aliphatic heterocycles. The summed E-state index contributed by atoms with van der Waals surface area (Å²) in [4.78, 5) is 21.9. The van der Waals surface area contributed by atoms with Crippen molar-refractivity contribution in [2.45, 2.75) is 39.7 Å². The molecule has 1 N–H and O–H groups in total. The van der Waals surface area contributed by atoms with Gasteiger partial charge in [0, 0.05) is 31.3 Å². The van der Waals surface area contributed by atoms with Crippen LogP contribution in [-0.4, -0.2) is 44.1 Å². The van der Waals surface area contributed by atoms with Crippen LogP contribution in [0.2, 0.25) is 0 Å². The van der Waals surface area contributed by atoms with E-state index in [0.29, 0.717) is 28.2 Å². The van der Waals surface area contributed by atoms with E-state index in [1.54, 1.807) is 25.8 Å². The standard InChI is InChI=1S/C19H23F2N5O/c1-12-14(13(2)26(24-12)19(20)21)11-18(27)25(3)10-6-9-17-22-15-7-4-5-8-16(15)23-17/h4-5,7-8,19H,6,9-11H2,1-3H3,(H,22,23). The summed E-state index contributed by atoms with van der Waals surface area (Å²) in [6, 6.07) is 7.83. The summed E-state index contributed by atoms with van der Waals surface area (Å²) in [5, 5.41) is 3.83. The van der Waals surface area contributed by atoms with Crippen molar-refractivity contribution >= 4 is 16.9 Å². The number of carbonyl (C=O) groups is 1. The third kappa shape index (κ3) is 4.15. The van der Waals surface area contributed by atoms with Gasteiger partial charge >= 0.3 is 6.55 Å². The zero-order chi connectivity index (χ0) is 19.6. The van der Waals surface area contributed by atoms with E-state index in [-0.39, 0.29) is 12.3 Å². The van der Waals surface area contributed by atoms with Crippen LogP contribution in [0.3, 0.4) is 0 Å². The largest absolute Gasteiger partial charge is 0.345 e. The van der Waals surface area contributed by atoms with Gasteiger partial charge in [0.05, 0.1) is 23.1 Å². The molecular formula is C19H23F2N5O. The first-order chi connectivity index (χ1) is 12.9. The fraction of sp³-hybridized carbons (Fsp3) is 0.421. The normalized spacial score (nSPS) is 11.5. The van der Waals surface area contributed by atoms with Crippen LogP contribution in [0.1, 0.15) is 35.7 Å². The zero-order valence-electron chi connectivity index (χ0n) is 15.7. The molecule has 2 aromatic heterocycles. The summed E-state index contributed by atoms with van der Waals surface area (Å²) in [7, 11) is 1.73. The SMILES string of the molecule is Cc1nn(C(F)F)c(C)c1CC(=O)N(C)CCCc1nc2ccccc2[nH]1. The Labute approximate surface area is 156 Å². The van der Waals surface area contributed by atoms with Crippen molar-refractivity contribution in [3.05, 3.63) is 47.0 Å². The molecule has 0 fully saturated rings. The van der Waals surface area contributed by atoms with Crippen molar-refractivity contribution in [3.63, 3.8) is 0 Å². The number of carbonyl (C=O) groups excluding carboxylic acids is 1. The van der Waals surface area contributed by atoms with E-state index in [1.165, 1.54) is 0 Å². The van der Waals surface area contributed by atoms with Gasteiger partial charge < -0.3 is 9.88 Å². The van der Waals surface area contributed by atoms with Crippen LogP contribution in [0.4, 0.5) is 8.78 Å². The smallest absolute Gasteiger partial charge is 0.333 e. The first-order valence-corrected chi connectivity index (χ1v) is 8.87. The van der Waals surface area contributed by atoms with Crippen molar-refractivity contribution in [1.29, 1.82) is 0 Å². The van der Waals surface area contributed by atoms with Gasteiger partial charge in [-0.1, -0.05) is 12.1 Å². The fourth-order valence-electron chi connectivity index (χ4n) is 3.16. The Kier molecular flexibility index (Phi) is 5.53. The van der Waals surface area contributed by atoms with E-state index in [0.717, 1.165) is 29.7 Å². The van der Waals surface area contributed by atoms with E-state index in [4.69, 9.17) is 0 Å². The van der Waals surface area contributed by atoms with Crippen molar-refractivity contribution in [2.24, 2.45) is 0 Å². The highest BCUT2D eigenvalue weighted by Gasteiger charge is 2.20. The lowest BCUT2D eigenvalue weighted by Gasteiger charge is -2.17. The molecule has 6 nitrogen and oxygen atoms in total. The molecule has 0 aliphatic carbocycles. The summed E-state index contributed by atoms with van der Waals surface area (Å²) >= 11 is 0. The molecule has 8 heteroatoms. The number of benzene rings is 1. The fourth-order valence-corrected chi connectivity index (χ4v) is 3.16.